The maximum absolute atomic E-state index is 12.8. The van der Waals surface area contributed by atoms with Gasteiger partial charge in [-0.2, -0.15) is 0 Å². The largest absolute Gasteiger partial charge is 0.462 e. The van der Waals surface area contributed by atoms with Gasteiger partial charge in [-0.05, 0) is 70.6 Å². The first-order chi connectivity index (χ1) is 33.0. The highest BCUT2D eigenvalue weighted by Gasteiger charge is 2.19. The lowest BCUT2D eigenvalue weighted by molar-refractivity contribution is -0.166. The lowest BCUT2D eigenvalue weighted by Crippen LogP contribution is -2.30. The van der Waals surface area contributed by atoms with Gasteiger partial charge >= 0.3 is 17.9 Å². The smallest absolute Gasteiger partial charge is 0.306 e. The fourth-order valence-electron chi connectivity index (χ4n) is 8.41. The first-order valence-electron chi connectivity index (χ1n) is 29.1. The zero-order chi connectivity index (χ0) is 48.6. The van der Waals surface area contributed by atoms with E-state index in [-0.39, 0.29) is 37.5 Å². The molecule has 1 unspecified atom stereocenters. The highest BCUT2D eigenvalue weighted by molar-refractivity contribution is 5.71. The van der Waals surface area contributed by atoms with E-state index in [1.54, 1.807) is 0 Å². The van der Waals surface area contributed by atoms with Gasteiger partial charge in [0.15, 0.2) is 6.10 Å². The Morgan fingerprint density at radius 3 is 0.940 bits per heavy atom. The van der Waals surface area contributed by atoms with E-state index in [4.69, 9.17) is 14.2 Å². The highest BCUT2D eigenvalue weighted by atomic mass is 16.6. The van der Waals surface area contributed by atoms with Crippen LogP contribution in [0.1, 0.15) is 303 Å². The van der Waals surface area contributed by atoms with Gasteiger partial charge in [-0.3, -0.25) is 14.4 Å². The molecule has 1 atom stereocenters. The van der Waals surface area contributed by atoms with Crippen molar-refractivity contribution in [3.8, 4) is 0 Å². The van der Waals surface area contributed by atoms with Crippen LogP contribution in [0.25, 0.3) is 0 Å². The molecular weight excluding hydrogens is 829 g/mol. The van der Waals surface area contributed by atoms with Crippen molar-refractivity contribution in [1.29, 1.82) is 0 Å². The van der Waals surface area contributed by atoms with E-state index in [1.807, 2.05) is 6.08 Å². The molecular formula is C61H110O6. The number of hydrogen-bond acceptors (Lipinski definition) is 6. The Morgan fingerprint density at radius 2 is 0.567 bits per heavy atom. The van der Waals surface area contributed by atoms with Gasteiger partial charge in [-0.1, -0.05) is 262 Å². The summed E-state index contributed by atoms with van der Waals surface area (Å²) in [6.07, 6.45) is 68.3. The molecule has 0 aromatic heterocycles. The summed E-state index contributed by atoms with van der Waals surface area (Å²) in [4.78, 5) is 38.1. The Kier molecular flexibility index (Phi) is 53.8. The first-order valence-corrected chi connectivity index (χ1v) is 29.1. The van der Waals surface area contributed by atoms with Crippen LogP contribution in [-0.2, 0) is 28.6 Å². The number of hydrogen-bond donors (Lipinski definition) is 0. The molecule has 6 heteroatoms. The molecule has 0 rings (SSSR count). The number of rotatable bonds is 53. The van der Waals surface area contributed by atoms with Gasteiger partial charge in [-0.25, -0.2) is 0 Å². The molecule has 390 valence electrons. The van der Waals surface area contributed by atoms with Crippen molar-refractivity contribution in [3.05, 3.63) is 48.6 Å². The molecule has 0 aliphatic rings. The molecule has 0 fully saturated rings. The molecule has 0 saturated carbocycles. The summed E-state index contributed by atoms with van der Waals surface area (Å²) in [5.74, 6) is -0.955. The number of carbonyl (C=O) groups is 3. The highest BCUT2D eigenvalue weighted by Crippen LogP contribution is 2.16. The standard InChI is InChI=1S/C61H110O6/c1-4-7-10-13-16-19-22-25-27-29-30-32-33-36-39-42-45-48-51-54-60(63)66-57-58(56-65-59(62)53-50-47-44-41-38-35-24-21-18-15-12-9-6-3)67-61(64)55-52-49-46-43-40-37-34-31-28-26-23-20-17-14-11-8-5-2/h17,20,26,28,35,38,44,47,58H,4-16,18-19,21-25,27,29-34,36-37,39-43,45-46,48-57H2,1-3H3/b20-17-,28-26-,38-35-,47-44-. The van der Waals surface area contributed by atoms with E-state index in [9.17, 15) is 14.4 Å². The van der Waals surface area contributed by atoms with Crippen LogP contribution in [0.15, 0.2) is 48.6 Å². The fourth-order valence-corrected chi connectivity index (χ4v) is 8.41. The molecule has 6 nitrogen and oxygen atoms in total. The summed E-state index contributed by atoms with van der Waals surface area (Å²) in [6.45, 7) is 6.58. The first kappa shape index (κ1) is 64.4. The van der Waals surface area contributed by atoms with E-state index in [2.05, 4.69) is 63.3 Å². The lowest BCUT2D eigenvalue weighted by atomic mass is 10.0. The predicted molar refractivity (Wildman–Crippen MR) is 289 cm³/mol. The van der Waals surface area contributed by atoms with Crippen LogP contribution in [0.2, 0.25) is 0 Å². The molecule has 0 aromatic carbocycles. The van der Waals surface area contributed by atoms with Gasteiger partial charge in [-0.15, -0.1) is 0 Å². The summed E-state index contributed by atoms with van der Waals surface area (Å²) in [7, 11) is 0. The van der Waals surface area contributed by atoms with Gasteiger partial charge < -0.3 is 14.2 Å². The second kappa shape index (κ2) is 56.0. The molecule has 0 radical (unpaired) electrons. The third-order valence-corrected chi connectivity index (χ3v) is 12.8. The Labute approximate surface area is 416 Å². The molecule has 0 aliphatic carbocycles. The zero-order valence-electron chi connectivity index (χ0n) is 44.7. The van der Waals surface area contributed by atoms with E-state index in [1.165, 1.54) is 193 Å². The quantitative estimate of drug-likeness (QED) is 0.0262. The number of esters is 3. The topological polar surface area (TPSA) is 78.9 Å². The molecule has 67 heavy (non-hydrogen) atoms. The SMILES string of the molecule is CCCCC/C=C\C/C=C\CCCCCCCCCC(=O)OC(COC(=O)CC/C=C\C/C=C\CCCCCCCC)COC(=O)CCCCCCCCCCCCCCCCCCCCC. The number of unbranched alkanes of at least 4 members (excludes halogenated alkanes) is 34. The van der Waals surface area contributed by atoms with Crippen LogP contribution in [0.4, 0.5) is 0 Å². The Morgan fingerprint density at radius 1 is 0.299 bits per heavy atom. The van der Waals surface area contributed by atoms with E-state index < -0.39 is 6.10 Å². The van der Waals surface area contributed by atoms with Crippen molar-refractivity contribution in [2.45, 2.75) is 309 Å². The summed E-state index contributed by atoms with van der Waals surface area (Å²) in [5.41, 5.74) is 0. The van der Waals surface area contributed by atoms with Gasteiger partial charge in [0.25, 0.3) is 0 Å². The summed E-state index contributed by atoms with van der Waals surface area (Å²) in [6, 6.07) is 0. The van der Waals surface area contributed by atoms with Crippen LogP contribution in [0.3, 0.4) is 0 Å². The van der Waals surface area contributed by atoms with Crippen molar-refractivity contribution < 1.29 is 28.6 Å². The van der Waals surface area contributed by atoms with Crippen LogP contribution < -0.4 is 0 Å². The summed E-state index contributed by atoms with van der Waals surface area (Å²) in [5, 5.41) is 0. The maximum atomic E-state index is 12.8. The summed E-state index contributed by atoms with van der Waals surface area (Å²) < 4.78 is 16.8. The third kappa shape index (κ3) is 54.2. The fraction of sp³-hybridized carbons (Fsp3) is 0.820. The van der Waals surface area contributed by atoms with Crippen LogP contribution in [0.5, 0.6) is 0 Å². The molecule has 0 spiro atoms. The van der Waals surface area contributed by atoms with Gasteiger partial charge in [0.1, 0.15) is 13.2 Å². The Balaban J connectivity index is 4.37. The molecule has 0 bridgehead atoms. The molecule has 0 aromatic rings. The van der Waals surface area contributed by atoms with Crippen molar-refractivity contribution >= 4 is 17.9 Å². The van der Waals surface area contributed by atoms with Crippen molar-refractivity contribution in [2.24, 2.45) is 0 Å². The maximum Gasteiger partial charge on any atom is 0.306 e. The van der Waals surface area contributed by atoms with Crippen LogP contribution in [0, 0.1) is 0 Å². The summed E-state index contributed by atoms with van der Waals surface area (Å²) >= 11 is 0. The molecule has 0 saturated heterocycles. The van der Waals surface area contributed by atoms with Crippen molar-refractivity contribution in [1.82, 2.24) is 0 Å². The Bertz CT molecular complexity index is 1170. The molecule has 0 N–H and O–H groups in total. The molecule has 0 amide bonds. The average Bonchev–Trinajstić information content (AvgIpc) is 3.33. The minimum absolute atomic E-state index is 0.0904. The third-order valence-electron chi connectivity index (χ3n) is 12.8. The average molecular weight is 940 g/mol. The number of allylic oxidation sites excluding steroid dienone is 8. The molecule has 0 aliphatic heterocycles. The van der Waals surface area contributed by atoms with Crippen LogP contribution >= 0.6 is 0 Å². The monoisotopic (exact) mass is 939 g/mol. The Hall–Kier alpha value is -2.63. The van der Waals surface area contributed by atoms with E-state index in [0.29, 0.717) is 19.3 Å². The minimum atomic E-state index is -0.798. The lowest BCUT2D eigenvalue weighted by Gasteiger charge is -2.18. The van der Waals surface area contributed by atoms with Gasteiger partial charge in [0.05, 0.1) is 0 Å². The number of carbonyl (C=O) groups excluding carboxylic acids is 3. The van der Waals surface area contributed by atoms with Crippen molar-refractivity contribution in [2.75, 3.05) is 13.2 Å². The van der Waals surface area contributed by atoms with E-state index in [0.717, 1.165) is 64.2 Å². The number of ether oxygens (including phenoxy) is 3. The van der Waals surface area contributed by atoms with Crippen molar-refractivity contribution in [3.63, 3.8) is 0 Å². The van der Waals surface area contributed by atoms with Gasteiger partial charge in [0.2, 0.25) is 0 Å². The van der Waals surface area contributed by atoms with E-state index >= 15 is 0 Å². The zero-order valence-corrected chi connectivity index (χ0v) is 44.7. The normalized spacial score (nSPS) is 12.3. The molecule has 0 heterocycles. The van der Waals surface area contributed by atoms with Crippen LogP contribution in [-0.4, -0.2) is 37.2 Å². The predicted octanol–water partition coefficient (Wildman–Crippen LogP) is 19.4. The van der Waals surface area contributed by atoms with Gasteiger partial charge in [0, 0.05) is 19.3 Å². The minimum Gasteiger partial charge on any atom is -0.462 e. The second-order valence-corrected chi connectivity index (χ2v) is 19.6. The second-order valence-electron chi connectivity index (χ2n) is 19.6.